The number of likely N-dealkylation sites (N-methyl/N-ethyl adjacent to an activating group) is 1. The van der Waals surface area contributed by atoms with Crippen LogP contribution in [0.2, 0.25) is 0 Å². The minimum atomic E-state index is -0.633. The summed E-state index contributed by atoms with van der Waals surface area (Å²) in [5.74, 6) is -0.212. The van der Waals surface area contributed by atoms with Gasteiger partial charge in [-0.15, -0.1) is 0 Å². The molecule has 2 amide bonds. The van der Waals surface area contributed by atoms with Gasteiger partial charge in [0, 0.05) is 0 Å². The van der Waals surface area contributed by atoms with Crippen LogP contribution in [-0.4, -0.2) is 24.9 Å². The lowest BCUT2D eigenvalue weighted by atomic mass is 9.58. The summed E-state index contributed by atoms with van der Waals surface area (Å²) in [5, 5.41) is 5.44. The molecule has 0 radical (unpaired) electrons. The van der Waals surface area contributed by atoms with Crippen LogP contribution in [0.5, 0.6) is 0 Å². The standard InChI is InChI=1S/C13H24N2O2/c1-11(2)6-12(3,4)8-13(7-11,14-5)10(17)15-9-16/h9,14H,6-8H2,1-5H3,(H,15,16,17). The number of nitrogens with one attached hydrogen (secondary N) is 2. The average Bonchev–Trinajstić information content (AvgIpc) is 2.13. The van der Waals surface area contributed by atoms with E-state index in [9.17, 15) is 9.59 Å². The van der Waals surface area contributed by atoms with Crippen LogP contribution in [0.4, 0.5) is 0 Å². The Balaban J connectivity index is 3.06. The predicted molar refractivity (Wildman–Crippen MR) is 67.4 cm³/mol. The fourth-order valence-corrected chi connectivity index (χ4v) is 3.76. The third-order valence-electron chi connectivity index (χ3n) is 3.62. The maximum atomic E-state index is 12.1. The molecule has 2 N–H and O–H groups in total. The first-order valence-corrected chi connectivity index (χ1v) is 6.10. The molecule has 0 atom stereocenters. The van der Waals surface area contributed by atoms with E-state index in [4.69, 9.17) is 0 Å². The van der Waals surface area contributed by atoms with E-state index in [2.05, 4.69) is 38.3 Å². The van der Waals surface area contributed by atoms with Crippen molar-refractivity contribution in [2.24, 2.45) is 10.8 Å². The lowest BCUT2D eigenvalue weighted by Crippen LogP contribution is -2.62. The lowest BCUT2D eigenvalue weighted by Gasteiger charge is -2.50. The summed E-state index contributed by atoms with van der Waals surface area (Å²) < 4.78 is 0. The van der Waals surface area contributed by atoms with Crippen LogP contribution in [-0.2, 0) is 9.59 Å². The molecule has 0 aromatic rings. The molecule has 0 unspecified atom stereocenters. The number of imide groups is 1. The minimum absolute atomic E-state index is 0.0883. The molecular formula is C13H24N2O2. The molecule has 0 aromatic heterocycles. The maximum absolute atomic E-state index is 12.1. The van der Waals surface area contributed by atoms with Crippen LogP contribution < -0.4 is 10.6 Å². The van der Waals surface area contributed by atoms with Crippen molar-refractivity contribution in [2.45, 2.75) is 52.5 Å². The molecule has 1 fully saturated rings. The molecule has 0 spiro atoms. The average molecular weight is 240 g/mol. The maximum Gasteiger partial charge on any atom is 0.246 e. The Bertz CT molecular complexity index is 305. The summed E-state index contributed by atoms with van der Waals surface area (Å²) in [4.78, 5) is 22.6. The summed E-state index contributed by atoms with van der Waals surface area (Å²) in [7, 11) is 1.79. The molecule has 1 rings (SSSR count). The SMILES string of the molecule is CNC1(C(=O)NC=O)CC(C)(C)CC(C)(C)C1. The van der Waals surface area contributed by atoms with E-state index in [1.807, 2.05) is 0 Å². The van der Waals surface area contributed by atoms with Crippen molar-refractivity contribution < 1.29 is 9.59 Å². The van der Waals surface area contributed by atoms with E-state index in [1.54, 1.807) is 7.05 Å². The van der Waals surface area contributed by atoms with Gasteiger partial charge in [-0.3, -0.25) is 14.9 Å². The fraction of sp³-hybridized carbons (Fsp3) is 0.846. The fourth-order valence-electron chi connectivity index (χ4n) is 3.76. The zero-order valence-corrected chi connectivity index (χ0v) is 11.5. The van der Waals surface area contributed by atoms with Gasteiger partial charge in [-0.1, -0.05) is 27.7 Å². The van der Waals surface area contributed by atoms with Gasteiger partial charge in [-0.25, -0.2) is 0 Å². The predicted octanol–water partition coefficient (Wildman–Crippen LogP) is 1.45. The van der Waals surface area contributed by atoms with Crippen LogP contribution in [0, 0.1) is 10.8 Å². The highest BCUT2D eigenvalue weighted by Gasteiger charge is 2.50. The van der Waals surface area contributed by atoms with Crippen LogP contribution in [0.25, 0.3) is 0 Å². The third kappa shape index (κ3) is 3.06. The van der Waals surface area contributed by atoms with Crippen molar-refractivity contribution in [3.05, 3.63) is 0 Å². The first-order chi connectivity index (χ1) is 7.66. The van der Waals surface area contributed by atoms with E-state index in [0.29, 0.717) is 6.41 Å². The number of hydrogen-bond acceptors (Lipinski definition) is 3. The highest BCUT2D eigenvalue weighted by molar-refractivity contribution is 5.93. The molecule has 0 saturated heterocycles. The zero-order valence-electron chi connectivity index (χ0n) is 11.5. The quantitative estimate of drug-likeness (QED) is 0.734. The van der Waals surface area contributed by atoms with E-state index in [-0.39, 0.29) is 16.7 Å². The van der Waals surface area contributed by atoms with E-state index in [1.165, 1.54) is 0 Å². The van der Waals surface area contributed by atoms with Crippen molar-refractivity contribution >= 4 is 12.3 Å². The highest BCUT2D eigenvalue weighted by Crippen LogP contribution is 2.49. The molecule has 4 nitrogen and oxygen atoms in total. The van der Waals surface area contributed by atoms with Crippen LogP contribution >= 0.6 is 0 Å². The molecule has 4 heteroatoms. The van der Waals surface area contributed by atoms with Gasteiger partial charge in [-0.2, -0.15) is 0 Å². The van der Waals surface area contributed by atoms with E-state index in [0.717, 1.165) is 19.3 Å². The van der Waals surface area contributed by atoms with Crippen molar-refractivity contribution in [2.75, 3.05) is 7.05 Å². The van der Waals surface area contributed by atoms with Gasteiger partial charge in [0.25, 0.3) is 0 Å². The van der Waals surface area contributed by atoms with Gasteiger partial charge < -0.3 is 5.32 Å². The second kappa shape index (κ2) is 4.41. The Morgan fingerprint density at radius 3 is 1.88 bits per heavy atom. The van der Waals surface area contributed by atoms with Gasteiger partial charge in [0.2, 0.25) is 12.3 Å². The Kier molecular flexibility index (Phi) is 3.67. The Morgan fingerprint density at radius 1 is 1.06 bits per heavy atom. The van der Waals surface area contributed by atoms with Gasteiger partial charge >= 0.3 is 0 Å². The molecule has 1 aliphatic rings. The van der Waals surface area contributed by atoms with Crippen molar-refractivity contribution in [1.29, 1.82) is 0 Å². The van der Waals surface area contributed by atoms with E-state index < -0.39 is 5.54 Å². The lowest BCUT2D eigenvalue weighted by molar-refractivity contribution is -0.135. The van der Waals surface area contributed by atoms with Crippen LogP contribution in [0.1, 0.15) is 47.0 Å². The summed E-state index contributed by atoms with van der Waals surface area (Å²) in [6, 6.07) is 0. The summed E-state index contributed by atoms with van der Waals surface area (Å²) >= 11 is 0. The number of carbonyl (C=O) groups excluding carboxylic acids is 2. The van der Waals surface area contributed by atoms with Crippen molar-refractivity contribution in [3.63, 3.8) is 0 Å². The molecule has 0 bridgehead atoms. The molecule has 98 valence electrons. The van der Waals surface area contributed by atoms with Gasteiger partial charge in [0.1, 0.15) is 0 Å². The number of amides is 2. The normalized spacial score (nSPS) is 25.0. The van der Waals surface area contributed by atoms with Crippen LogP contribution in [0.3, 0.4) is 0 Å². The minimum Gasteiger partial charge on any atom is -0.306 e. The molecule has 1 saturated carbocycles. The van der Waals surface area contributed by atoms with Gasteiger partial charge in [0.15, 0.2) is 0 Å². The third-order valence-corrected chi connectivity index (χ3v) is 3.62. The molecule has 0 aliphatic heterocycles. The van der Waals surface area contributed by atoms with Gasteiger partial charge in [0.05, 0.1) is 5.54 Å². The second-order valence-corrected chi connectivity index (χ2v) is 6.78. The summed E-state index contributed by atoms with van der Waals surface area (Å²) in [6.45, 7) is 8.70. The highest BCUT2D eigenvalue weighted by atomic mass is 16.2. The molecule has 17 heavy (non-hydrogen) atoms. The molecule has 0 aromatic carbocycles. The first-order valence-electron chi connectivity index (χ1n) is 6.10. The summed E-state index contributed by atoms with van der Waals surface area (Å²) in [5.41, 5.74) is -0.456. The second-order valence-electron chi connectivity index (χ2n) is 6.78. The van der Waals surface area contributed by atoms with E-state index >= 15 is 0 Å². The molecule has 0 heterocycles. The van der Waals surface area contributed by atoms with Crippen molar-refractivity contribution in [3.8, 4) is 0 Å². The Hall–Kier alpha value is -0.900. The number of hydrogen-bond donors (Lipinski definition) is 2. The smallest absolute Gasteiger partial charge is 0.246 e. The van der Waals surface area contributed by atoms with Crippen LogP contribution in [0.15, 0.2) is 0 Å². The zero-order chi connectivity index (χ0) is 13.3. The molecule has 1 aliphatic carbocycles. The Labute approximate surface area is 104 Å². The largest absolute Gasteiger partial charge is 0.306 e. The van der Waals surface area contributed by atoms with Crippen molar-refractivity contribution in [1.82, 2.24) is 10.6 Å². The van der Waals surface area contributed by atoms with Gasteiger partial charge in [-0.05, 0) is 37.1 Å². The number of rotatable bonds is 3. The molecular weight excluding hydrogens is 216 g/mol. The number of carbonyl (C=O) groups is 2. The monoisotopic (exact) mass is 240 g/mol. The topological polar surface area (TPSA) is 58.2 Å². The first kappa shape index (κ1) is 14.2. The Morgan fingerprint density at radius 2 is 1.53 bits per heavy atom. The summed E-state index contributed by atoms with van der Waals surface area (Å²) in [6.07, 6.45) is 3.05.